The summed E-state index contributed by atoms with van der Waals surface area (Å²) in [5.74, 6) is 0. The van der Waals surface area contributed by atoms with Crippen LogP contribution in [0.2, 0.25) is 0 Å². The fourth-order valence-corrected chi connectivity index (χ4v) is 2.38. The van der Waals surface area contributed by atoms with Crippen molar-refractivity contribution in [2.45, 2.75) is 13.5 Å². The van der Waals surface area contributed by atoms with Gasteiger partial charge in [-0.25, -0.2) is 9.97 Å². The Morgan fingerprint density at radius 3 is 2.65 bits per heavy atom. The predicted octanol–water partition coefficient (Wildman–Crippen LogP) is 3.71. The van der Waals surface area contributed by atoms with E-state index in [1.807, 2.05) is 43.3 Å². The van der Waals surface area contributed by atoms with Gasteiger partial charge in [-0.15, -0.1) is 0 Å². The molecule has 0 saturated heterocycles. The van der Waals surface area contributed by atoms with Gasteiger partial charge in [0.25, 0.3) is 0 Å². The normalized spacial score (nSPS) is 10.7. The minimum atomic E-state index is 0.627. The second kappa shape index (κ2) is 5.54. The largest absolute Gasteiger partial charge is 0.378 e. The molecule has 20 heavy (non-hydrogen) atoms. The van der Waals surface area contributed by atoms with Crippen LogP contribution in [-0.2, 0) is 6.54 Å². The molecule has 0 spiro atoms. The first kappa shape index (κ1) is 13.0. The summed E-state index contributed by atoms with van der Waals surface area (Å²) in [6.45, 7) is 2.60. The number of aryl methyl sites for hydroxylation is 1. The Labute approximate surface area is 125 Å². The molecule has 0 bridgehead atoms. The van der Waals surface area contributed by atoms with Crippen LogP contribution in [0.15, 0.2) is 47.2 Å². The van der Waals surface area contributed by atoms with E-state index in [-0.39, 0.29) is 0 Å². The maximum atomic E-state index is 4.58. The Morgan fingerprint density at radius 1 is 1.05 bits per heavy atom. The average Bonchev–Trinajstić information content (AvgIpc) is 2.46. The lowest BCUT2D eigenvalue weighted by atomic mass is 10.3. The number of hydrogen-bond acceptors (Lipinski definition) is 4. The smallest absolute Gasteiger partial charge is 0.106 e. The molecule has 3 rings (SSSR count). The summed E-state index contributed by atoms with van der Waals surface area (Å²) < 4.78 is 0.839. The minimum Gasteiger partial charge on any atom is -0.378 e. The molecule has 0 aliphatic heterocycles. The molecule has 0 unspecified atom stereocenters. The van der Waals surface area contributed by atoms with Crippen LogP contribution in [0.25, 0.3) is 11.0 Å². The average molecular weight is 329 g/mol. The molecule has 0 radical (unpaired) electrons. The molecular formula is C15H13BrN4. The lowest BCUT2D eigenvalue weighted by Crippen LogP contribution is -2.04. The van der Waals surface area contributed by atoms with E-state index in [4.69, 9.17) is 0 Å². The number of fused-ring (bicyclic) bond motifs is 1. The maximum absolute atomic E-state index is 4.58. The van der Waals surface area contributed by atoms with Gasteiger partial charge in [-0.1, -0.05) is 12.1 Å². The van der Waals surface area contributed by atoms with Crippen molar-refractivity contribution in [3.8, 4) is 0 Å². The molecule has 0 fully saturated rings. The highest BCUT2D eigenvalue weighted by Gasteiger charge is 2.02. The molecule has 5 heteroatoms. The third-order valence-electron chi connectivity index (χ3n) is 3.01. The number of aromatic nitrogens is 3. The molecule has 1 N–H and O–H groups in total. The molecular weight excluding hydrogens is 316 g/mol. The molecule has 1 aromatic carbocycles. The molecule has 0 atom stereocenters. The molecule has 0 aliphatic rings. The van der Waals surface area contributed by atoms with Gasteiger partial charge in [0.1, 0.15) is 4.60 Å². The van der Waals surface area contributed by atoms with Crippen LogP contribution in [0.3, 0.4) is 0 Å². The van der Waals surface area contributed by atoms with Gasteiger partial charge >= 0.3 is 0 Å². The topological polar surface area (TPSA) is 50.7 Å². The Bertz CT molecular complexity index is 758. The predicted molar refractivity (Wildman–Crippen MR) is 83.5 cm³/mol. The monoisotopic (exact) mass is 328 g/mol. The molecule has 100 valence electrons. The van der Waals surface area contributed by atoms with E-state index in [9.17, 15) is 0 Å². The van der Waals surface area contributed by atoms with E-state index in [0.29, 0.717) is 6.54 Å². The van der Waals surface area contributed by atoms with Crippen molar-refractivity contribution in [2.24, 2.45) is 0 Å². The van der Waals surface area contributed by atoms with Crippen LogP contribution < -0.4 is 5.32 Å². The van der Waals surface area contributed by atoms with Crippen LogP contribution in [0.5, 0.6) is 0 Å². The van der Waals surface area contributed by atoms with E-state index in [1.165, 1.54) is 0 Å². The van der Waals surface area contributed by atoms with E-state index < -0.39 is 0 Å². The summed E-state index contributed by atoms with van der Waals surface area (Å²) in [6, 6.07) is 11.8. The van der Waals surface area contributed by atoms with Gasteiger partial charge in [0, 0.05) is 0 Å². The maximum Gasteiger partial charge on any atom is 0.106 e. The fourth-order valence-electron chi connectivity index (χ4n) is 1.98. The Kier molecular flexibility index (Phi) is 3.60. The van der Waals surface area contributed by atoms with E-state index in [2.05, 4.69) is 36.2 Å². The molecule has 0 amide bonds. The highest BCUT2D eigenvalue weighted by Crippen LogP contribution is 2.17. The van der Waals surface area contributed by atoms with Crippen molar-refractivity contribution >= 4 is 32.7 Å². The van der Waals surface area contributed by atoms with E-state index in [1.54, 1.807) is 6.20 Å². The minimum absolute atomic E-state index is 0.627. The van der Waals surface area contributed by atoms with Crippen molar-refractivity contribution in [1.29, 1.82) is 0 Å². The van der Waals surface area contributed by atoms with Gasteiger partial charge in [-0.05, 0) is 47.1 Å². The SMILES string of the molecule is Cc1nc(Br)ccc1NCc1cnc2ccccc2n1. The first-order valence-electron chi connectivity index (χ1n) is 6.30. The number of benzene rings is 1. The van der Waals surface area contributed by atoms with Crippen molar-refractivity contribution < 1.29 is 0 Å². The number of rotatable bonds is 3. The van der Waals surface area contributed by atoms with Crippen LogP contribution >= 0.6 is 15.9 Å². The van der Waals surface area contributed by atoms with Gasteiger partial charge in [-0.3, -0.25) is 4.98 Å². The Morgan fingerprint density at radius 2 is 1.85 bits per heavy atom. The van der Waals surface area contributed by atoms with E-state index >= 15 is 0 Å². The number of halogens is 1. The molecule has 0 saturated carbocycles. The summed E-state index contributed by atoms with van der Waals surface area (Å²) in [6.07, 6.45) is 1.80. The van der Waals surface area contributed by atoms with Gasteiger partial charge in [0.2, 0.25) is 0 Å². The molecule has 3 aromatic rings. The lowest BCUT2D eigenvalue weighted by molar-refractivity contribution is 1.03. The third-order valence-corrected chi connectivity index (χ3v) is 3.45. The molecule has 0 aliphatic carbocycles. The van der Waals surface area contributed by atoms with Gasteiger partial charge in [-0.2, -0.15) is 0 Å². The second-order valence-corrected chi connectivity index (χ2v) is 5.28. The molecule has 2 aromatic heterocycles. The number of nitrogens with one attached hydrogen (secondary N) is 1. The van der Waals surface area contributed by atoms with Crippen LogP contribution in [0, 0.1) is 6.92 Å². The van der Waals surface area contributed by atoms with Crippen LogP contribution in [-0.4, -0.2) is 15.0 Å². The zero-order chi connectivity index (χ0) is 13.9. The van der Waals surface area contributed by atoms with Crippen molar-refractivity contribution in [2.75, 3.05) is 5.32 Å². The summed E-state index contributed by atoms with van der Waals surface area (Å²) in [5.41, 5.74) is 4.69. The van der Waals surface area contributed by atoms with Crippen LogP contribution in [0.4, 0.5) is 5.69 Å². The third kappa shape index (κ3) is 2.77. The quantitative estimate of drug-likeness (QED) is 0.744. The number of pyridine rings is 1. The second-order valence-electron chi connectivity index (χ2n) is 4.47. The van der Waals surface area contributed by atoms with Gasteiger partial charge in [0.05, 0.1) is 40.9 Å². The van der Waals surface area contributed by atoms with E-state index in [0.717, 1.165) is 32.7 Å². The number of anilines is 1. The first-order chi connectivity index (χ1) is 9.72. The Balaban J connectivity index is 1.79. The Hall–Kier alpha value is -2.01. The highest BCUT2D eigenvalue weighted by molar-refractivity contribution is 9.10. The van der Waals surface area contributed by atoms with Gasteiger partial charge in [0.15, 0.2) is 0 Å². The summed E-state index contributed by atoms with van der Waals surface area (Å²) in [4.78, 5) is 13.3. The zero-order valence-corrected chi connectivity index (χ0v) is 12.6. The summed E-state index contributed by atoms with van der Waals surface area (Å²) in [5, 5.41) is 3.34. The lowest BCUT2D eigenvalue weighted by Gasteiger charge is -2.09. The molecule has 4 nitrogen and oxygen atoms in total. The highest BCUT2D eigenvalue weighted by atomic mass is 79.9. The van der Waals surface area contributed by atoms with Crippen LogP contribution in [0.1, 0.15) is 11.4 Å². The summed E-state index contributed by atoms with van der Waals surface area (Å²) in [7, 11) is 0. The standard InChI is InChI=1S/C15H13BrN4/c1-10-12(6-7-15(16)19-10)17-8-11-9-18-13-4-2-3-5-14(13)20-11/h2-7,9,17H,8H2,1H3. The van der Waals surface area contributed by atoms with Crippen molar-refractivity contribution in [3.63, 3.8) is 0 Å². The first-order valence-corrected chi connectivity index (χ1v) is 7.09. The number of para-hydroxylation sites is 2. The number of hydrogen-bond donors (Lipinski definition) is 1. The number of nitrogens with zero attached hydrogens (tertiary/aromatic N) is 3. The fraction of sp³-hybridized carbons (Fsp3) is 0.133. The van der Waals surface area contributed by atoms with Crippen molar-refractivity contribution in [3.05, 3.63) is 58.6 Å². The summed E-state index contributed by atoms with van der Waals surface area (Å²) >= 11 is 3.36. The zero-order valence-electron chi connectivity index (χ0n) is 11.0. The van der Waals surface area contributed by atoms with Gasteiger partial charge < -0.3 is 5.32 Å². The molecule has 2 heterocycles. The van der Waals surface area contributed by atoms with Crippen molar-refractivity contribution in [1.82, 2.24) is 15.0 Å².